The molecular formula is C12H25ClN2O2. The highest BCUT2D eigenvalue weighted by molar-refractivity contribution is 5.85. The Kier molecular flexibility index (Phi) is 8.56. The monoisotopic (exact) mass is 264 g/mol. The van der Waals surface area contributed by atoms with E-state index in [2.05, 4.69) is 12.2 Å². The Morgan fingerprint density at radius 1 is 1.41 bits per heavy atom. The molecule has 1 amide bonds. The molecule has 3 N–H and O–H groups in total. The molecule has 0 aromatic carbocycles. The van der Waals surface area contributed by atoms with E-state index in [9.17, 15) is 4.79 Å². The lowest BCUT2D eigenvalue weighted by Crippen LogP contribution is -2.42. The fourth-order valence-corrected chi connectivity index (χ4v) is 2.20. The zero-order valence-corrected chi connectivity index (χ0v) is 11.6. The molecule has 0 bridgehead atoms. The zero-order chi connectivity index (χ0) is 12.0. The normalized spacial score (nSPS) is 25.8. The number of hydrogen-bond donors (Lipinski definition) is 2. The molecule has 4 nitrogen and oxygen atoms in total. The number of hydrogen-bond acceptors (Lipinski definition) is 3. The van der Waals surface area contributed by atoms with Crippen molar-refractivity contribution in [2.75, 3.05) is 20.2 Å². The highest BCUT2D eigenvalue weighted by atomic mass is 35.5. The predicted molar refractivity (Wildman–Crippen MR) is 71.2 cm³/mol. The predicted octanol–water partition coefficient (Wildman–Crippen LogP) is 1.32. The standard InChI is InChI=1S/C12H24N2O2.ClH/c1-9-3-5-10(6-4-9)8-14-12(15)11(7-13)16-2;/h9-11H,3-8,13H2,1-2H3,(H,14,15);1H. The average molecular weight is 265 g/mol. The van der Waals surface area contributed by atoms with Crippen LogP contribution in [0.3, 0.4) is 0 Å². The van der Waals surface area contributed by atoms with E-state index in [0.717, 1.165) is 12.5 Å². The van der Waals surface area contributed by atoms with Gasteiger partial charge in [-0.2, -0.15) is 0 Å². The summed E-state index contributed by atoms with van der Waals surface area (Å²) in [6, 6.07) is 0. The fourth-order valence-electron chi connectivity index (χ4n) is 2.20. The van der Waals surface area contributed by atoms with Crippen molar-refractivity contribution in [2.45, 2.75) is 38.7 Å². The smallest absolute Gasteiger partial charge is 0.250 e. The third kappa shape index (κ3) is 5.70. The van der Waals surface area contributed by atoms with Crippen LogP contribution < -0.4 is 11.1 Å². The second-order valence-corrected chi connectivity index (χ2v) is 4.83. The van der Waals surface area contributed by atoms with Crippen molar-refractivity contribution in [1.29, 1.82) is 0 Å². The Hall–Kier alpha value is -0.320. The number of nitrogens with one attached hydrogen (secondary N) is 1. The summed E-state index contributed by atoms with van der Waals surface area (Å²) in [7, 11) is 1.51. The molecule has 1 rings (SSSR count). The number of amides is 1. The molecule has 0 aliphatic heterocycles. The summed E-state index contributed by atoms with van der Waals surface area (Å²) in [5, 5.41) is 2.93. The number of ether oxygens (including phenoxy) is 1. The van der Waals surface area contributed by atoms with Crippen molar-refractivity contribution < 1.29 is 9.53 Å². The first-order valence-corrected chi connectivity index (χ1v) is 6.18. The average Bonchev–Trinajstić information content (AvgIpc) is 2.30. The summed E-state index contributed by atoms with van der Waals surface area (Å²) in [4.78, 5) is 11.6. The van der Waals surface area contributed by atoms with Crippen LogP contribution in [0.4, 0.5) is 0 Å². The third-order valence-corrected chi connectivity index (χ3v) is 3.49. The fraction of sp³-hybridized carbons (Fsp3) is 0.917. The molecular weight excluding hydrogens is 240 g/mol. The van der Waals surface area contributed by atoms with E-state index in [-0.39, 0.29) is 24.9 Å². The van der Waals surface area contributed by atoms with Gasteiger partial charge in [0.05, 0.1) is 0 Å². The molecule has 17 heavy (non-hydrogen) atoms. The van der Waals surface area contributed by atoms with E-state index in [1.54, 1.807) is 0 Å². The third-order valence-electron chi connectivity index (χ3n) is 3.49. The van der Waals surface area contributed by atoms with E-state index in [1.807, 2.05) is 0 Å². The van der Waals surface area contributed by atoms with E-state index in [1.165, 1.54) is 32.8 Å². The summed E-state index contributed by atoms with van der Waals surface area (Å²) in [5.41, 5.74) is 5.43. The zero-order valence-electron chi connectivity index (χ0n) is 10.8. The van der Waals surface area contributed by atoms with E-state index >= 15 is 0 Å². The van der Waals surface area contributed by atoms with E-state index in [0.29, 0.717) is 5.92 Å². The van der Waals surface area contributed by atoms with Crippen LogP contribution in [0, 0.1) is 11.8 Å². The van der Waals surface area contributed by atoms with Crippen molar-refractivity contribution in [2.24, 2.45) is 17.6 Å². The summed E-state index contributed by atoms with van der Waals surface area (Å²) >= 11 is 0. The highest BCUT2D eigenvalue weighted by Crippen LogP contribution is 2.27. The molecule has 1 fully saturated rings. The first-order chi connectivity index (χ1) is 7.67. The molecule has 0 aromatic rings. The van der Waals surface area contributed by atoms with Crippen molar-refractivity contribution >= 4 is 18.3 Å². The Labute approximate surface area is 110 Å². The van der Waals surface area contributed by atoms with E-state index in [4.69, 9.17) is 10.5 Å². The Morgan fingerprint density at radius 3 is 2.47 bits per heavy atom. The van der Waals surface area contributed by atoms with Crippen LogP contribution in [0.5, 0.6) is 0 Å². The maximum atomic E-state index is 11.6. The molecule has 0 spiro atoms. The number of rotatable bonds is 5. The van der Waals surface area contributed by atoms with Crippen molar-refractivity contribution in [3.8, 4) is 0 Å². The number of nitrogens with two attached hydrogens (primary N) is 1. The van der Waals surface area contributed by atoms with Gasteiger partial charge in [0.1, 0.15) is 6.10 Å². The molecule has 0 radical (unpaired) electrons. The van der Waals surface area contributed by atoms with Gasteiger partial charge in [0.15, 0.2) is 0 Å². The summed E-state index contributed by atoms with van der Waals surface area (Å²) in [6.07, 6.45) is 4.52. The van der Waals surface area contributed by atoms with Crippen molar-refractivity contribution in [3.05, 3.63) is 0 Å². The minimum atomic E-state index is -0.498. The minimum absolute atomic E-state index is 0. The Bertz CT molecular complexity index is 215. The van der Waals surface area contributed by atoms with Crippen LogP contribution in [0.25, 0.3) is 0 Å². The second-order valence-electron chi connectivity index (χ2n) is 4.83. The van der Waals surface area contributed by atoms with Gasteiger partial charge in [-0.15, -0.1) is 12.4 Å². The van der Waals surface area contributed by atoms with Gasteiger partial charge in [-0.25, -0.2) is 0 Å². The molecule has 1 unspecified atom stereocenters. The van der Waals surface area contributed by atoms with E-state index < -0.39 is 6.10 Å². The maximum Gasteiger partial charge on any atom is 0.250 e. The lowest BCUT2D eigenvalue weighted by atomic mass is 9.83. The number of halogens is 1. The van der Waals surface area contributed by atoms with Gasteiger partial charge in [0.2, 0.25) is 5.91 Å². The lowest BCUT2D eigenvalue weighted by Gasteiger charge is -2.26. The number of carbonyl (C=O) groups is 1. The minimum Gasteiger partial charge on any atom is -0.370 e. The molecule has 5 heteroatoms. The number of carbonyl (C=O) groups excluding carboxylic acids is 1. The van der Waals surface area contributed by atoms with Crippen LogP contribution in [0.2, 0.25) is 0 Å². The molecule has 0 saturated heterocycles. The molecule has 0 aromatic heterocycles. The van der Waals surface area contributed by atoms with Gasteiger partial charge in [-0.3, -0.25) is 4.79 Å². The summed E-state index contributed by atoms with van der Waals surface area (Å²) in [5.74, 6) is 1.40. The first-order valence-electron chi connectivity index (χ1n) is 6.18. The molecule has 0 heterocycles. The van der Waals surface area contributed by atoms with Crippen LogP contribution in [-0.2, 0) is 9.53 Å². The molecule has 1 aliphatic carbocycles. The molecule has 1 saturated carbocycles. The second kappa shape index (κ2) is 8.72. The van der Waals surface area contributed by atoms with Gasteiger partial charge in [-0.1, -0.05) is 19.8 Å². The van der Waals surface area contributed by atoms with Crippen molar-refractivity contribution in [3.63, 3.8) is 0 Å². The van der Waals surface area contributed by atoms with Gasteiger partial charge in [-0.05, 0) is 24.7 Å². The largest absolute Gasteiger partial charge is 0.370 e. The topological polar surface area (TPSA) is 64.3 Å². The quantitative estimate of drug-likeness (QED) is 0.787. The maximum absolute atomic E-state index is 11.6. The number of methoxy groups -OCH3 is 1. The van der Waals surface area contributed by atoms with Crippen molar-refractivity contribution in [1.82, 2.24) is 5.32 Å². The molecule has 102 valence electrons. The van der Waals surface area contributed by atoms with Gasteiger partial charge in [0, 0.05) is 20.2 Å². The molecule has 1 atom stereocenters. The Morgan fingerprint density at radius 2 is 2.00 bits per heavy atom. The first kappa shape index (κ1) is 16.7. The van der Waals surface area contributed by atoms with Gasteiger partial charge >= 0.3 is 0 Å². The van der Waals surface area contributed by atoms with Crippen LogP contribution >= 0.6 is 12.4 Å². The highest BCUT2D eigenvalue weighted by Gasteiger charge is 2.20. The SMILES string of the molecule is COC(CN)C(=O)NCC1CCC(C)CC1.Cl. The van der Waals surface area contributed by atoms with Crippen LogP contribution in [-0.4, -0.2) is 32.2 Å². The van der Waals surface area contributed by atoms with Crippen LogP contribution in [0.1, 0.15) is 32.6 Å². The Balaban J connectivity index is 0.00000256. The van der Waals surface area contributed by atoms with Gasteiger partial charge in [0.25, 0.3) is 0 Å². The summed E-state index contributed by atoms with van der Waals surface area (Å²) < 4.78 is 4.98. The lowest BCUT2D eigenvalue weighted by molar-refractivity contribution is -0.130. The van der Waals surface area contributed by atoms with Gasteiger partial charge < -0.3 is 15.8 Å². The van der Waals surface area contributed by atoms with Crippen LogP contribution in [0.15, 0.2) is 0 Å². The molecule has 1 aliphatic rings. The summed E-state index contributed by atoms with van der Waals surface area (Å²) in [6.45, 7) is 3.31.